The molecule has 1 saturated carbocycles. The Labute approximate surface area is 96.9 Å². The fourth-order valence-electron chi connectivity index (χ4n) is 2.86. The molecule has 1 heterocycles. The molecule has 0 saturated heterocycles. The van der Waals surface area contributed by atoms with E-state index in [1.807, 2.05) is 6.20 Å². The zero-order chi connectivity index (χ0) is 11.6. The molecule has 0 spiro atoms. The smallest absolute Gasteiger partial charge is 0.151 e. The summed E-state index contributed by atoms with van der Waals surface area (Å²) in [5.74, 6) is 0.259. The second-order valence-electron chi connectivity index (χ2n) is 4.86. The highest BCUT2D eigenvalue weighted by Gasteiger charge is 2.47. The number of aromatic nitrogens is 2. The van der Waals surface area contributed by atoms with Crippen LogP contribution in [0.2, 0.25) is 0 Å². The molecule has 0 aliphatic heterocycles. The summed E-state index contributed by atoms with van der Waals surface area (Å²) in [4.78, 5) is 0. The van der Waals surface area contributed by atoms with Crippen LogP contribution in [0.1, 0.15) is 23.6 Å². The lowest BCUT2D eigenvalue weighted by atomic mass is 10.2. The third kappa shape index (κ3) is 1.21. The van der Waals surface area contributed by atoms with Gasteiger partial charge in [0.25, 0.3) is 0 Å². The number of rotatable bonds is 1. The van der Waals surface area contributed by atoms with Crippen LogP contribution in [0.3, 0.4) is 0 Å². The van der Waals surface area contributed by atoms with Crippen molar-refractivity contribution in [3.8, 4) is 5.69 Å². The number of fused-ring (bicyclic) bond motifs is 3. The van der Waals surface area contributed by atoms with Crippen LogP contribution in [0.15, 0.2) is 24.4 Å². The van der Waals surface area contributed by atoms with Crippen LogP contribution < -0.4 is 0 Å². The van der Waals surface area contributed by atoms with Crippen molar-refractivity contribution in [2.45, 2.75) is 18.8 Å². The van der Waals surface area contributed by atoms with Crippen LogP contribution in [0.4, 0.5) is 8.78 Å². The van der Waals surface area contributed by atoms with Gasteiger partial charge in [0.15, 0.2) is 5.82 Å². The summed E-state index contributed by atoms with van der Waals surface area (Å²) >= 11 is 0. The summed E-state index contributed by atoms with van der Waals surface area (Å²) < 4.78 is 28.2. The minimum Gasteiger partial charge on any atom is -0.235 e. The van der Waals surface area contributed by atoms with Gasteiger partial charge >= 0.3 is 0 Å². The van der Waals surface area contributed by atoms with Gasteiger partial charge in [0.1, 0.15) is 11.5 Å². The topological polar surface area (TPSA) is 17.8 Å². The van der Waals surface area contributed by atoms with Gasteiger partial charge in [-0.2, -0.15) is 5.10 Å². The Kier molecular flexibility index (Phi) is 1.62. The van der Waals surface area contributed by atoms with E-state index in [2.05, 4.69) is 5.10 Å². The molecule has 4 heteroatoms. The summed E-state index contributed by atoms with van der Waals surface area (Å²) in [5.41, 5.74) is 2.68. The third-order valence-corrected chi connectivity index (χ3v) is 3.82. The first-order valence-electron chi connectivity index (χ1n) is 5.76. The van der Waals surface area contributed by atoms with Crippen LogP contribution in [-0.4, -0.2) is 9.78 Å². The van der Waals surface area contributed by atoms with Gasteiger partial charge in [-0.1, -0.05) is 0 Å². The molecule has 1 fully saturated rings. The normalized spacial score (nSPS) is 24.6. The van der Waals surface area contributed by atoms with Crippen LogP contribution in [0.5, 0.6) is 0 Å². The van der Waals surface area contributed by atoms with Gasteiger partial charge < -0.3 is 0 Å². The van der Waals surface area contributed by atoms with Crippen molar-refractivity contribution in [2.24, 2.45) is 5.92 Å². The van der Waals surface area contributed by atoms with E-state index in [1.165, 1.54) is 24.1 Å². The lowest BCUT2D eigenvalue weighted by Gasteiger charge is -2.07. The predicted octanol–water partition coefficient (Wildman–Crippen LogP) is 2.81. The highest BCUT2D eigenvalue weighted by molar-refractivity contribution is 5.43. The van der Waals surface area contributed by atoms with Crippen molar-refractivity contribution in [3.05, 3.63) is 47.3 Å². The van der Waals surface area contributed by atoms with E-state index in [0.717, 1.165) is 24.1 Å². The average Bonchev–Trinajstić information content (AvgIpc) is 2.79. The summed E-state index contributed by atoms with van der Waals surface area (Å²) in [6.45, 7) is 0. The summed E-state index contributed by atoms with van der Waals surface area (Å²) in [7, 11) is 0. The van der Waals surface area contributed by atoms with Gasteiger partial charge in [-0.3, -0.25) is 0 Å². The molecule has 86 valence electrons. The van der Waals surface area contributed by atoms with E-state index in [-0.39, 0.29) is 0 Å². The summed E-state index contributed by atoms with van der Waals surface area (Å²) in [6.07, 6.45) is 4.04. The van der Waals surface area contributed by atoms with Crippen molar-refractivity contribution in [3.63, 3.8) is 0 Å². The van der Waals surface area contributed by atoms with Gasteiger partial charge in [0, 0.05) is 11.8 Å². The predicted molar refractivity (Wildman–Crippen MR) is 58.0 cm³/mol. The van der Waals surface area contributed by atoms with E-state index < -0.39 is 11.6 Å². The largest absolute Gasteiger partial charge is 0.235 e. The number of benzene rings is 1. The molecule has 4 rings (SSSR count). The highest BCUT2D eigenvalue weighted by atomic mass is 19.1. The van der Waals surface area contributed by atoms with E-state index in [9.17, 15) is 8.78 Å². The summed E-state index contributed by atoms with van der Waals surface area (Å²) in [6, 6.07) is 3.61. The van der Waals surface area contributed by atoms with Crippen LogP contribution >= 0.6 is 0 Å². The summed E-state index contributed by atoms with van der Waals surface area (Å²) in [5, 5.41) is 4.23. The zero-order valence-electron chi connectivity index (χ0n) is 9.03. The standard InChI is InChI=1S/C13H10F2N2/c14-8-1-2-12(11(15)5-8)17-13-4-7-3-9(7)10(13)6-16-17/h1-2,5-7,9H,3-4H2. The molecule has 2 nitrogen and oxygen atoms in total. The number of hydrogen-bond donors (Lipinski definition) is 0. The van der Waals surface area contributed by atoms with Crippen molar-refractivity contribution in [1.82, 2.24) is 9.78 Å². The Morgan fingerprint density at radius 2 is 2.18 bits per heavy atom. The number of hydrogen-bond acceptors (Lipinski definition) is 1. The third-order valence-electron chi connectivity index (χ3n) is 3.82. The molecule has 2 atom stereocenters. The average molecular weight is 232 g/mol. The molecule has 2 aromatic rings. The minimum absolute atomic E-state index is 0.342. The quantitative estimate of drug-likeness (QED) is 0.739. The molecule has 17 heavy (non-hydrogen) atoms. The second kappa shape index (κ2) is 2.94. The van der Waals surface area contributed by atoms with Crippen LogP contribution in [0, 0.1) is 17.6 Å². The molecule has 0 amide bonds. The van der Waals surface area contributed by atoms with Crippen molar-refractivity contribution < 1.29 is 8.78 Å². The Morgan fingerprint density at radius 3 is 3.00 bits per heavy atom. The minimum atomic E-state index is -0.559. The molecule has 2 unspecified atom stereocenters. The first-order chi connectivity index (χ1) is 8.24. The number of nitrogens with zero attached hydrogens (tertiary/aromatic N) is 2. The van der Waals surface area contributed by atoms with E-state index in [0.29, 0.717) is 11.6 Å². The maximum absolute atomic E-state index is 13.7. The lowest BCUT2D eigenvalue weighted by molar-refractivity contribution is 0.570. The van der Waals surface area contributed by atoms with Gasteiger partial charge in [0.2, 0.25) is 0 Å². The first-order valence-corrected chi connectivity index (χ1v) is 5.76. The maximum atomic E-state index is 13.7. The molecule has 0 bridgehead atoms. The number of halogens is 2. The molecular weight excluding hydrogens is 222 g/mol. The Bertz CT molecular complexity index is 618. The van der Waals surface area contributed by atoms with Gasteiger partial charge in [-0.05, 0) is 42.4 Å². The first kappa shape index (κ1) is 9.33. The van der Waals surface area contributed by atoms with Crippen molar-refractivity contribution in [2.75, 3.05) is 0 Å². The van der Waals surface area contributed by atoms with Crippen LogP contribution in [-0.2, 0) is 6.42 Å². The maximum Gasteiger partial charge on any atom is 0.151 e. The van der Waals surface area contributed by atoms with E-state index in [4.69, 9.17) is 0 Å². The Hall–Kier alpha value is -1.71. The lowest BCUT2D eigenvalue weighted by Crippen LogP contribution is -2.05. The fourth-order valence-corrected chi connectivity index (χ4v) is 2.86. The molecular formula is C13H10F2N2. The zero-order valence-corrected chi connectivity index (χ0v) is 9.03. The van der Waals surface area contributed by atoms with E-state index in [1.54, 1.807) is 4.68 Å². The van der Waals surface area contributed by atoms with Crippen molar-refractivity contribution in [1.29, 1.82) is 0 Å². The molecule has 0 N–H and O–H groups in total. The highest BCUT2D eigenvalue weighted by Crippen LogP contribution is 2.56. The monoisotopic (exact) mass is 232 g/mol. The Balaban J connectivity index is 1.87. The van der Waals surface area contributed by atoms with Gasteiger partial charge in [-0.15, -0.1) is 0 Å². The fraction of sp³-hybridized carbons (Fsp3) is 0.308. The molecule has 1 aromatic heterocycles. The molecule has 2 aliphatic rings. The second-order valence-corrected chi connectivity index (χ2v) is 4.86. The van der Waals surface area contributed by atoms with Crippen LogP contribution in [0.25, 0.3) is 5.69 Å². The van der Waals surface area contributed by atoms with Gasteiger partial charge in [-0.25, -0.2) is 13.5 Å². The molecule has 0 radical (unpaired) electrons. The molecule has 1 aromatic carbocycles. The molecule has 2 aliphatic carbocycles. The van der Waals surface area contributed by atoms with Crippen molar-refractivity contribution >= 4 is 0 Å². The van der Waals surface area contributed by atoms with E-state index >= 15 is 0 Å². The SMILES string of the molecule is Fc1ccc(-n2ncc3c2CC2CC32)c(F)c1. The Morgan fingerprint density at radius 1 is 1.29 bits per heavy atom. The van der Waals surface area contributed by atoms with Gasteiger partial charge in [0.05, 0.1) is 6.20 Å².